The van der Waals surface area contributed by atoms with Crippen molar-refractivity contribution in [2.24, 2.45) is 11.7 Å². The van der Waals surface area contributed by atoms with E-state index in [0.717, 1.165) is 12.8 Å². The van der Waals surface area contributed by atoms with Crippen LogP contribution in [0.15, 0.2) is 0 Å². The van der Waals surface area contributed by atoms with Gasteiger partial charge in [-0.2, -0.15) is 0 Å². The number of nitrogens with two attached hydrogens (primary N) is 1. The van der Waals surface area contributed by atoms with Crippen LogP contribution in [0.4, 0.5) is 0 Å². The molecular weight excluding hydrogens is 326 g/mol. The Hall–Kier alpha value is -0.610. The first-order chi connectivity index (χ1) is 11.9. The molecule has 26 heavy (non-hydrogen) atoms. The Morgan fingerprint density at radius 1 is 0.808 bits per heavy atom. The molecule has 0 saturated heterocycles. The maximum absolute atomic E-state index is 10.9. The highest BCUT2D eigenvalue weighted by atomic mass is 16.4. The first kappa shape index (κ1) is 27.6. The minimum Gasteiger partial charge on any atom is -0.481 e. The van der Waals surface area contributed by atoms with Gasteiger partial charge in [0.2, 0.25) is 0 Å². The van der Waals surface area contributed by atoms with Gasteiger partial charge in [-0.3, -0.25) is 4.79 Å². The number of unbranched alkanes of at least 4 members (excludes halogenated alkanes) is 13. The van der Waals surface area contributed by atoms with Gasteiger partial charge in [0.15, 0.2) is 0 Å². The van der Waals surface area contributed by atoms with Crippen molar-refractivity contribution in [3.8, 4) is 0 Å². The van der Waals surface area contributed by atoms with E-state index in [1.807, 2.05) is 13.8 Å². The number of hydrogen-bond donors (Lipinski definition) is 2. The largest absolute Gasteiger partial charge is 0.481 e. The summed E-state index contributed by atoms with van der Waals surface area (Å²) in [6.45, 7) is 6.17. The lowest BCUT2D eigenvalue weighted by atomic mass is 9.82. The molecule has 0 aromatic carbocycles. The Labute approximate surface area is 162 Å². The minimum atomic E-state index is -0.728. The molecule has 0 radical (unpaired) electrons. The molecule has 4 heteroatoms. The summed E-state index contributed by atoms with van der Waals surface area (Å²) in [7, 11) is 0. The number of rotatable bonds is 18. The van der Waals surface area contributed by atoms with E-state index < -0.39 is 11.5 Å². The molecule has 158 valence electrons. The van der Waals surface area contributed by atoms with Crippen molar-refractivity contribution >= 4 is 5.97 Å². The predicted molar refractivity (Wildman–Crippen MR) is 113 cm³/mol. The number of hydrogen-bond acceptors (Lipinski definition) is 2. The van der Waals surface area contributed by atoms with Gasteiger partial charge < -0.3 is 16.3 Å². The zero-order valence-electron chi connectivity index (χ0n) is 17.8. The summed E-state index contributed by atoms with van der Waals surface area (Å²) in [6, 6.07) is 0. The molecule has 0 fully saturated rings. The van der Waals surface area contributed by atoms with Crippen LogP contribution in [0.3, 0.4) is 0 Å². The zero-order valence-corrected chi connectivity index (χ0v) is 17.8. The Morgan fingerprint density at radius 3 is 1.46 bits per heavy atom. The fourth-order valence-corrected chi connectivity index (χ4v) is 3.53. The highest BCUT2D eigenvalue weighted by Gasteiger charge is 2.26. The van der Waals surface area contributed by atoms with Gasteiger partial charge in [-0.25, -0.2) is 0 Å². The second kappa shape index (κ2) is 17.8. The third kappa shape index (κ3) is 18.2. The molecule has 0 aliphatic rings. The van der Waals surface area contributed by atoms with E-state index >= 15 is 0 Å². The molecule has 1 unspecified atom stereocenters. The van der Waals surface area contributed by atoms with Crippen LogP contribution in [0.5, 0.6) is 0 Å². The number of carboxylic acids is 1. The van der Waals surface area contributed by atoms with Gasteiger partial charge in [0, 0.05) is 12.0 Å². The maximum Gasteiger partial charge on any atom is 0.303 e. The third-order valence-electron chi connectivity index (χ3n) is 5.38. The van der Waals surface area contributed by atoms with Crippen molar-refractivity contribution in [3.63, 3.8) is 0 Å². The highest BCUT2D eigenvalue weighted by molar-refractivity contribution is 5.67. The van der Waals surface area contributed by atoms with E-state index in [1.165, 1.54) is 83.5 Å². The minimum absolute atomic E-state index is 0. The van der Waals surface area contributed by atoms with E-state index in [1.54, 1.807) is 0 Å². The van der Waals surface area contributed by atoms with Crippen molar-refractivity contribution < 1.29 is 15.4 Å². The molecule has 4 nitrogen and oxygen atoms in total. The number of aliphatic carboxylic acids is 1. The van der Waals surface area contributed by atoms with E-state index in [9.17, 15) is 4.79 Å². The Balaban J connectivity index is 0. The van der Waals surface area contributed by atoms with Crippen LogP contribution >= 0.6 is 0 Å². The average molecular weight is 374 g/mol. The molecule has 0 amide bonds. The van der Waals surface area contributed by atoms with Crippen molar-refractivity contribution in [1.29, 1.82) is 0 Å². The average Bonchev–Trinajstić information content (AvgIpc) is 2.52. The van der Waals surface area contributed by atoms with Gasteiger partial charge in [0.1, 0.15) is 0 Å². The lowest BCUT2D eigenvalue weighted by Gasteiger charge is -2.29. The van der Waals surface area contributed by atoms with E-state index in [4.69, 9.17) is 10.8 Å². The molecule has 1 atom stereocenters. The Kier molecular flexibility index (Phi) is 18.9. The van der Waals surface area contributed by atoms with Crippen LogP contribution in [0, 0.1) is 5.92 Å². The zero-order chi connectivity index (χ0) is 19.0. The summed E-state index contributed by atoms with van der Waals surface area (Å²) in [4.78, 5) is 10.9. The number of carbonyl (C=O) groups is 1. The van der Waals surface area contributed by atoms with Crippen molar-refractivity contribution in [1.82, 2.24) is 0 Å². The highest BCUT2D eigenvalue weighted by Crippen LogP contribution is 2.24. The smallest absolute Gasteiger partial charge is 0.303 e. The Bertz CT molecular complexity index is 313. The summed E-state index contributed by atoms with van der Waals surface area (Å²) in [5.41, 5.74) is 5.73. The van der Waals surface area contributed by atoms with Crippen LogP contribution in [0.25, 0.3) is 0 Å². The summed E-state index contributed by atoms with van der Waals surface area (Å²) >= 11 is 0. The van der Waals surface area contributed by atoms with E-state index in [0.29, 0.717) is 0 Å². The quantitative estimate of drug-likeness (QED) is 0.294. The monoisotopic (exact) mass is 373 g/mol. The SMILES string of the molecule is CCCCCCCCCCCCCCCCC(CC(=O)O)C(C)(C)N.O. The van der Waals surface area contributed by atoms with Gasteiger partial charge in [0.05, 0.1) is 0 Å². The molecule has 0 bridgehead atoms. The van der Waals surface area contributed by atoms with Gasteiger partial charge >= 0.3 is 5.97 Å². The lowest BCUT2D eigenvalue weighted by Crippen LogP contribution is -2.41. The summed E-state index contributed by atoms with van der Waals surface area (Å²) in [6.07, 6.45) is 20.0. The fourth-order valence-electron chi connectivity index (χ4n) is 3.53. The first-order valence-electron chi connectivity index (χ1n) is 10.9. The van der Waals surface area contributed by atoms with Crippen molar-refractivity contribution in [2.75, 3.05) is 0 Å². The maximum atomic E-state index is 10.9. The molecule has 0 aliphatic carbocycles. The molecule has 0 rings (SSSR count). The third-order valence-corrected chi connectivity index (χ3v) is 5.38. The van der Waals surface area contributed by atoms with Gasteiger partial charge in [-0.1, -0.05) is 96.8 Å². The van der Waals surface area contributed by atoms with Crippen LogP contribution in [-0.4, -0.2) is 22.1 Å². The normalized spacial score (nSPS) is 12.6. The second-order valence-corrected chi connectivity index (χ2v) is 8.50. The van der Waals surface area contributed by atoms with Crippen molar-refractivity contribution in [3.05, 3.63) is 0 Å². The predicted octanol–water partition coefficient (Wildman–Crippen LogP) is 5.86. The summed E-state index contributed by atoms with van der Waals surface area (Å²) < 4.78 is 0. The molecule has 0 aliphatic heterocycles. The molecule has 0 aromatic heterocycles. The fraction of sp³-hybridized carbons (Fsp3) is 0.955. The second-order valence-electron chi connectivity index (χ2n) is 8.50. The molecule has 0 saturated carbocycles. The van der Waals surface area contributed by atoms with Gasteiger partial charge in [-0.15, -0.1) is 0 Å². The van der Waals surface area contributed by atoms with Crippen LogP contribution < -0.4 is 5.73 Å². The molecule has 5 N–H and O–H groups in total. The van der Waals surface area contributed by atoms with Crippen LogP contribution in [-0.2, 0) is 4.79 Å². The first-order valence-corrected chi connectivity index (χ1v) is 10.9. The number of carboxylic acid groups (broad SMARTS) is 1. The van der Waals surface area contributed by atoms with E-state index in [-0.39, 0.29) is 17.8 Å². The summed E-state index contributed by atoms with van der Waals surface area (Å²) in [5.74, 6) is -0.642. The van der Waals surface area contributed by atoms with Crippen LogP contribution in [0.2, 0.25) is 0 Å². The molecule has 0 heterocycles. The molecular formula is C22H47NO3. The lowest BCUT2D eigenvalue weighted by molar-refractivity contribution is -0.138. The summed E-state index contributed by atoms with van der Waals surface area (Å²) in [5, 5.41) is 9.01. The Morgan fingerprint density at radius 2 is 1.15 bits per heavy atom. The topological polar surface area (TPSA) is 94.8 Å². The van der Waals surface area contributed by atoms with E-state index in [2.05, 4.69) is 6.92 Å². The standard InChI is InChI=1S/C22H45NO2.H2O/c1-4-5-6-7-8-9-10-11-12-13-14-15-16-17-18-20(19-21(24)25)22(2,3)23;/h20H,4-19,23H2,1-3H3,(H,24,25);1H2. The van der Waals surface area contributed by atoms with Crippen molar-refractivity contribution in [2.45, 2.75) is 129 Å². The van der Waals surface area contributed by atoms with Crippen LogP contribution in [0.1, 0.15) is 124 Å². The molecule has 0 spiro atoms. The van der Waals surface area contributed by atoms with Gasteiger partial charge in [0.25, 0.3) is 0 Å². The molecule has 0 aromatic rings. The van der Waals surface area contributed by atoms with Gasteiger partial charge in [-0.05, 0) is 26.2 Å².